The molecule has 0 saturated heterocycles. The Morgan fingerprint density at radius 1 is 1.33 bits per heavy atom. The van der Waals surface area contributed by atoms with Crippen LogP contribution in [-0.2, 0) is 0 Å². The van der Waals surface area contributed by atoms with Crippen molar-refractivity contribution < 1.29 is 0 Å². The number of halogens is 1. The van der Waals surface area contributed by atoms with Gasteiger partial charge in [0.15, 0.2) is 5.82 Å². The molecule has 0 saturated carbocycles. The summed E-state index contributed by atoms with van der Waals surface area (Å²) in [5.74, 6) is 0.712. The van der Waals surface area contributed by atoms with E-state index in [0.29, 0.717) is 10.8 Å². The lowest BCUT2D eigenvalue weighted by Crippen LogP contribution is -1.93. The molecule has 2 heterocycles. The van der Waals surface area contributed by atoms with Crippen molar-refractivity contribution >= 4 is 11.6 Å². The fraction of sp³-hybridized carbons (Fsp3) is 0. The summed E-state index contributed by atoms with van der Waals surface area (Å²) in [4.78, 5) is 4.12. The lowest BCUT2D eigenvalue weighted by atomic mass is 10.4. The van der Waals surface area contributed by atoms with Crippen LogP contribution in [0.2, 0.25) is 5.02 Å². The van der Waals surface area contributed by atoms with Gasteiger partial charge in [0.1, 0.15) is 0 Å². The highest BCUT2D eigenvalue weighted by Gasteiger charge is 2.00. The monoisotopic (exact) mass is 177 g/mol. The molecule has 3 heteroatoms. The van der Waals surface area contributed by atoms with E-state index in [9.17, 15) is 0 Å². The van der Waals surface area contributed by atoms with E-state index in [0.717, 1.165) is 0 Å². The number of nitrogens with zero attached hydrogens (tertiary/aromatic N) is 2. The first-order chi connectivity index (χ1) is 5.88. The predicted octanol–water partition coefficient (Wildman–Crippen LogP) is 2.33. The van der Waals surface area contributed by atoms with Crippen LogP contribution >= 0.6 is 11.6 Å². The molecule has 0 amide bonds. The van der Waals surface area contributed by atoms with Crippen LogP contribution < -0.4 is 0 Å². The molecule has 1 radical (unpaired) electrons. The molecule has 2 aromatic rings. The standard InChI is InChI=1S/C9H6ClN2/c10-8-4-3-5-11-9(8)12-6-1-2-7-12/h1-3,5-7H. The van der Waals surface area contributed by atoms with Crippen LogP contribution in [0, 0.1) is 6.07 Å². The normalized spacial score (nSPS) is 10.1. The lowest BCUT2D eigenvalue weighted by molar-refractivity contribution is 1.01. The van der Waals surface area contributed by atoms with E-state index in [-0.39, 0.29) is 0 Å². The van der Waals surface area contributed by atoms with Crippen LogP contribution in [0.1, 0.15) is 0 Å². The minimum atomic E-state index is 0.536. The average Bonchev–Trinajstić information content (AvgIpc) is 2.57. The Hall–Kier alpha value is -1.28. The van der Waals surface area contributed by atoms with E-state index in [1.807, 2.05) is 29.1 Å². The van der Waals surface area contributed by atoms with Crippen molar-refractivity contribution in [1.29, 1.82) is 0 Å². The van der Waals surface area contributed by atoms with E-state index in [1.54, 1.807) is 12.3 Å². The zero-order valence-corrected chi connectivity index (χ0v) is 6.99. The third kappa shape index (κ3) is 1.21. The van der Waals surface area contributed by atoms with Crippen LogP contribution in [0.25, 0.3) is 5.82 Å². The van der Waals surface area contributed by atoms with Gasteiger partial charge in [-0.05, 0) is 18.2 Å². The van der Waals surface area contributed by atoms with Gasteiger partial charge in [-0.3, -0.25) is 0 Å². The molecule has 0 aliphatic carbocycles. The molecular formula is C9H6ClN2. The highest BCUT2D eigenvalue weighted by atomic mass is 35.5. The Labute approximate surface area is 75.4 Å². The van der Waals surface area contributed by atoms with Gasteiger partial charge >= 0.3 is 0 Å². The van der Waals surface area contributed by atoms with Crippen LogP contribution in [0.4, 0.5) is 0 Å². The van der Waals surface area contributed by atoms with Crippen molar-refractivity contribution in [1.82, 2.24) is 9.55 Å². The van der Waals surface area contributed by atoms with Crippen molar-refractivity contribution in [3.8, 4) is 5.82 Å². The Balaban J connectivity index is 2.55. The number of rotatable bonds is 1. The highest BCUT2D eigenvalue weighted by molar-refractivity contribution is 6.31. The summed E-state index contributed by atoms with van der Waals surface area (Å²) in [6, 6.07) is 8.40. The molecule has 0 aliphatic heterocycles. The average molecular weight is 178 g/mol. The van der Waals surface area contributed by atoms with Gasteiger partial charge in [0.05, 0.1) is 5.02 Å². The maximum Gasteiger partial charge on any atom is 0.156 e. The van der Waals surface area contributed by atoms with Gasteiger partial charge in [-0.2, -0.15) is 0 Å². The van der Waals surface area contributed by atoms with Crippen molar-refractivity contribution in [2.45, 2.75) is 0 Å². The second-order valence-corrected chi connectivity index (χ2v) is 2.70. The molecule has 2 nitrogen and oxygen atoms in total. The fourth-order valence-electron chi connectivity index (χ4n) is 0.995. The van der Waals surface area contributed by atoms with Crippen molar-refractivity contribution in [3.05, 3.63) is 47.9 Å². The zero-order valence-electron chi connectivity index (χ0n) is 6.24. The van der Waals surface area contributed by atoms with Gasteiger partial charge in [-0.1, -0.05) is 11.6 Å². The topological polar surface area (TPSA) is 17.8 Å². The molecule has 0 aromatic carbocycles. The third-order valence-electron chi connectivity index (χ3n) is 1.53. The van der Waals surface area contributed by atoms with Gasteiger partial charge in [-0.25, -0.2) is 4.98 Å². The molecule has 0 aliphatic rings. The Kier molecular flexibility index (Phi) is 1.84. The molecule has 0 N–H and O–H groups in total. The Morgan fingerprint density at radius 3 is 2.75 bits per heavy atom. The van der Waals surface area contributed by atoms with Crippen LogP contribution in [-0.4, -0.2) is 9.55 Å². The van der Waals surface area contributed by atoms with Gasteiger partial charge in [0, 0.05) is 24.7 Å². The van der Waals surface area contributed by atoms with E-state index >= 15 is 0 Å². The number of aromatic nitrogens is 2. The van der Waals surface area contributed by atoms with Crippen LogP contribution in [0.15, 0.2) is 36.8 Å². The first kappa shape index (κ1) is 7.37. The van der Waals surface area contributed by atoms with Gasteiger partial charge in [0.25, 0.3) is 0 Å². The maximum absolute atomic E-state index is 5.88. The second-order valence-electron chi connectivity index (χ2n) is 2.32. The molecule has 0 bridgehead atoms. The number of hydrogen-bond donors (Lipinski definition) is 0. The summed E-state index contributed by atoms with van der Waals surface area (Å²) in [7, 11) is 0. The summed E-state index contributed by atoms with van der Waals surface area (Å²) in [5.41, 5.74) is 0. The highest BCUT2D eigenvalue weighted by Crippen LogP contribution is 2.15. The number of hydrogen-bond acceptors (Lipinski definition) is 1. The summed E-state index contributed by atoms with van der Waals surface area (Å²) in [6.07, 6.45) is 5.45. The molecule has 59 valence electrons. The third-order valence-corrected chi connectivity index (χ3v) is 1.80. The van der Waals surface area contributed by atoms with Crippen molar-refractivity contribution in [3.63, 3.8) is 0 Å². The summed E-state index contributed by atoms with van der Waals surface area (Å²) < 4.78 is 1.85. The van der Waals surface area contributed by atoms with Crippen LogP contribution in [0.3, 0.4) is 0 Å². The van der Waals surface area contributed by atoms with E-state index in [2.05, 4.69) is 11.1 Å². The minimum Gasteiger partial charge on any atom is -0.307 e. The van der Waals surface area contributed by atoms with Gasteiger partial charge in [-0.15, -0.1) is 0 Å². The fourth-order valence-corrected chi connectivity index (χ4v) is 1.20. The first-order valence-electron chi connectivity index (χ1n) is 3.53. The molecule has 2 aromatic heterocycles. The smallest absolute Gasteiger partial charge is 0.156 e. The Morgan fingerprint density at radius 2 is 2.08 bits per heavy atom. The number of pyridine rings is 1. The zero-order chi connectivity index (χ0) is 8.39. The molecule has 0 spiro atoms. The summed E-state index contributed by atoms with van der Waals surface area (Å²) in [6.45, 7) is 0. The molecule has 0 fully saturated rings. The summed E-state index contributed by atoms with van der Waals surface area (Å²) >= 11 is 5.88. The largest absolute Gasteiger partial charge is 0.307 e. The molecule has 0 atom stereocenters. The first-order valence-corrected chi connectivity index (χ1v) is 3.91. The van der Waals surface area contributed by atoms with E-state index < -0.39 is 0 Å². The SMILES string of the molecule is Clc1[c]ccnc1-n1cccc1. The van der Waals surface area contributed by atoms with Gasteiger partial charge < -0.3 is 4.57 Å². The van der Waals surface area contributed by atoms with E-state index in [4.69, 9.17) is 11.6 Å². The quantitative estimate of drug-likeness (QED) is 0.654. The lowest BCUT2D eigenvalue weighted by Gasteiger charge is -2.01. The van der Waals surface area contributed by atoms with Crippen LogP contribution in [0.5, 0.6) is 0 Å². The molecular weight excluding hydrogens is 172 g/mol. The predicted molar refractivity (Wildman–Crippen MR) is 47.4 cm³/mol. The van der Waals surface area contributed by atoms with Gasteiger partial charge in [0.2, 0.25) is 0 Å². The minimum absolute atomic E-state index is 0.536. The van der Waals surface area contributed by atoms with Crippen molar-refractivity contribution in [2.24, 2.45) is 0 Å². The molecule has 12 heavy (non-hydrogen) atoms. The molecule has 0 unspecified atom stereocenters. The van der Waals surface area contributed by atoms with Crippen molar-refractivity contribution in [2.75, 3.05) is 0 Å². The molecule has 2 rings (SSSR count). The second kappa shape index (κ2) is 2.99. The maximum atomic E-state index is 5.88. The summed E-state index contributed by atoms with van der Waals surface area (Å²) in [5, 5.41) is 0.536. The Bertz CT molecular complexity index is 368. The van der Waals surface area contributed by atoms with E-state index in [1.165, 1.54) is 0 Å².